The SMILES string of the molecule is CC1(C)CNC[C@H]1c1ccccc1C(F)(F)F. The minimum absolute atomic E-state index is 0.0830. The van der Waals surface area contributed by atoms with Crippen LogP contribution in [0.15, 0.2) is 24.3 Å². The number of benzene rings is 1. The molecule has 0 unspecified atom stereocenters. The van der Waals surface area contributed by atoms with Crippen molar-refractivity contribution < 1.29 is 13.2 Å². The van der Waals surface area contributed by atoms with Gasteiger partial charge in [0.2, 0.25) is 0 Å². The molecule has 1 atom stereocenters. The summed E-state index contributed by atoms with van der Waals surface area (Å²) in [7, 11) is 0. The molecule has 0 radical (unpaired) electrons. The van der Waals surface area contributed by atoms with Crippen molar-refractivity contribution in [2.24, 2.45) is 5.41 Å². The van der Waals surface area contributed by atoms with Gasteiger partial charge in [0.15, 0.2) is 0 Å². The van der Waals surface area contributed by atoms with Crippen molar-refractivity contribution in [1.82, 2.24) is 5.32 Å². The van der Waals surface area contributed by atoms with Gasteiger partial charge in [-0.2, -0.15) is 13.2 Å². The molecular formula is C13H16F3N. The molecule has 1 saturated heterocycles. The van der Waals surface area contributed by atoms with Gasteiger partial charge in [0.1, 0.15) is 0 Å². The van der Waals surface area contributed by atoms with E-state index in [1.807, 2.05) is 13.8 Å². The Hall–Kier alpha value is -1.03. The van der Waals surface area contributed by atoms with Crippen LogP contribution in [0.1, 0.15) is 30.9 Å². The van der Waals surface area contributed by atoms with Gasteiger partial charge < -0.3 is 5.32 Å². The number of halogens is 3. The average Bonchev–Trinajstić information content (AvgIpc) is 2.57. The Balaban J connectivity index is 2.46. The van der Waals surface area contributed by atoms with Crippen molar-refractivity contribution in [2.45, 2.75) is 25.9 Å². The Morgan fingerprint density at radius 1 is 1.24 bits per heavy atom. The molecule has 0 aliphatic carbocycles. The lowest BCUT2D eigenvalue weighted by Gasteiger charge is -2.28. The molecule has 1 N–H and O–H groups in total. The highest BCUT2D eigenvalue weighted by atomic mass is 19.4. The van der Waals surface area contributed by atoms with E-state index < -0.39 is 11.7 Å². The van der Waals surface area contributed by atoms with Crippen molar-refractivity contribution in [3.63, 3.8) is 0 Å². The van der Waals surface area contributed by atoms with Crippen molar-refractivity contribution in [3.8, 4) is 0 Å². The van der Waals surface area contributed by atoms with Crippen LogP contribution in [0.5, 0.6) is 0 Å². The molecule has 0 saturated carbocycles. The predicted octanol–water partition coefficient (Wildman–Crippen LogP) is 3.42. The van der Waals surface area contributed by atoms with Gasteiger partial charge in [-0.05, 0) is 17.0 Å². The minimum atomic E-state index is -4.27. The van der Waals surface area contributed by atoms with Crippen LogP contribution in [0, 0.1) is 5.41 Å². The largest absolute Gasteiger partial charge is 0.416 e. The van der Waals surface area contributed by atoms with Crippen LogP contribution >= 0.6 is 0 Å². The highest BCUT2D eigenvalue weighted by Gasteiger charge is 2.41. The first-order valence-corrected chi connectivity index (χ1v) is 5.69. The summed E-state index contributed by atoms with van der Waals surface area (Å²) in [6.45, 7) is 5.37. The van der Waals surface area contributed by atoms with Crippen molar-refractivity contribution in [2.75, 3.05) is 13.1 Å². The molecule has 0 spiro atoms. The third-order valence-corrected chi connectivity index (χ3v) is 3.51. The Morgan fingerprint density at radius 3 is 2.41 bits per heavy atom. The van der Waals surface area contributed by atoms with Gasteiger partial charge in [0, 0.05) is 19.0 Å². The van der Waals surface area contributed by atoms with Crippen LogP contribution in [0.2, 0.25) is 0 Å². The highest BCUT2D eigenvalue weighted by molar-refractivity contribution is 5.35. The van der Waals surface area contributed by atoms with Crippen LogP contribution in [-0.4, -0.2) is 13.1 Å². The summed E-state index contributed by atoms with van der Waals surface area (Å²) in [6, 6.07) is 5.90. The molecule has 1 heterocycles. The second-order valence-electron chi connectivity index (χ2n) is 5.26. The Morgan fingerprint density at radius 2 is 1.88 bits per heavy atom. The summed E-state index contributed by atoms with van der Waals surface area (Å²) in [5.74, 6) is -0.0830. The summed E-state index contributed by atoms with van der Waals surface area (Å²) in [6.07, 6.45) is -4.27. The van der Waals surface area contributed by atoms with Crippen LogP contribution in [-0.2, 0) is 6.18 Å². The van der Waals surface area contributed by atoms with E-state index in [0.717, 1.165) is 6.54 Å². The van der Waals surface area contributed by atoms with E-state index in [-0.39, 0.29) is 11.3 Å². The van der Waals surface area contributed by atoms with Crippen LogP contribution < -0.4 is 5.32 Å². The molecule has 1 aromatic carbocycles. The minimum Gasteiger partial charge on any atom is -0.316 e. The van der Waals surface area contributed by atoms with E-state index in [9.17, 15) is 13.2 Å². The molecule has 1 fully saturated rings. The van der Waals surface area contributed by atoms with E-state index in [2.05, 4.69) is 5.32 Å². The normalized spacial score (nSPS) is 23.9. The molecular weight excluding hydrogens is 227 g/mol. The topological polar surface area (TPSA) is 12.0 Å². The average molecular weight is 243 g/mol. The molecule has 2 rings (SSSR count). The fourth-order valence-electron chi connectivity index (χ4n) is 2.53. The lowest BCUT2D eigenvalue weighted by atomic mass is 9.76. The van der Waals surface area contributed by atoms with E-state index in [0.29, 0.717) is 12.1 Å². The van der Waals surface area contributed by atoms with Crippen molar-refractivity contribution in [3.05, 3.63) is 35.4 Å². The number of rotatable bonds is 1. The van der Waals surface area contributed by atoms with Crippen molar-refractivity contribution in [1.29, 1.82) is 0 Å². The maximum Gasteiger partial charge on any atom is 0.416 e. The first kappa shape index (κ1) is 12.4. The summed E-state index contributed by atoms with van der Waals surface area (Å²) < 4.78 is 38.8. The zero-order valence-electron chi connectivity index (χ0n) is 9.93. The van der Waals surface area contributed by atoms with E-state index in [1.54, 1.807) is 12.1 Å². The Kier molecular flexibility index (Phi) is 2.94. The summed E-state index contributed by atoms with van der Waals surface area (Å²) in [4.78, 5) is 0. The Bertz CT molecular complexity index is 409. The third kappa shape index (κ3) is 2.32. The molecule has 1 aliphatic rings. The molecule has 0 bridgehead atoms. The molecule has 0 aromatic heterocycles. The smallest absolute Gasteiger partial charge is 0.316 e. The molecule has 1 aliphatic heterocycles. The van der Waals surface area contributed by atoms with E-state index >= 15 is 0 Å². The first-order chi connectivity index (χ1) is 7.82. The maximum absolute atomic E-state index is 12.9. The Labute approximate surface area is 99.0 Å². The molecule has 4 heteroatoms. The fourth-order valence-corrected chi connectivity index (χ4v) is 2.53. The van der Waals surface area contributed by atoms with Gasteiger partial charge in [0.05, 0.1) is 5.56 Å². The van der Waals surface area contributed by atoms with E-state index in [4.69, 9.17) is 0 Å². The number of hydrogen-bond acceptors (Lipinski definition) is 1. The van der Waals surface area contributed by atoms with Gasteiger partial charge >= 0.3 is 6.18 Å². The lowest BCUT2D eigenvalue weighted by Crippen LogP contribution is -2.23. The maximum atomic E-state index is 12.9. The zero-order valence-corrected chi connectivity index (χ0v) is 9.93. The predicted molar refractivity (Wildman–Crippen MR) is 60.8 cm³/mol. The second kappa shape index (κ2) is 4.02. The zero-order chi connectivity index (χ0) is 12.7. The van der Waals surface area contributed by atoms with Gasteiger partial charge in [-0.3, -0.25) is 0 Å². The molecule has 17 heavy (non-hydrogen) atoms. The summed E-state index contributed by atoms with van der Waals surface area (Å²) in [5, 5.41) is 3.17. The number of hydrogen-bond donors (Lipinski definition) is 1. The summed E-state index contributed by atoms with van der Waals surface area (Å²) in [5.41, 5.74) is -0.224. The first-order valence-electron chi connectivity index (χ1n) is 5.69. The van der Waals surface area contributed by atoms with Gasteiger partial charge in [-0.1, -0.05) is 32.0 Å². The lowest BCUT2D eigenvalue weighted by molar-refractivity contribution is -0.138. The highest BCUT2D eigenvalue weighted by Crippen LogP contribution is 2.43. The van der Waals surface area contributed by atoms with Crippen LogP contribution in [0.3, 0.4) is 0 Å². The summed E-state index contributed by atoms with van der Waals surface area (Å²) >= 11 is 0. The van der Waals surface area contributed by atoms with Gasteiger partial charge in [-0.25, -0.2) is 0 Å². The third-order valence-electron chi connectivity index (χ3n) is 3.51. The number of nitrogens with one attached hydrogen (secondary N) is 1. The van der Waals surface area contributed by atoms with Crippen molar-refractivity contribution >= 4 is 0 Å². The molecule has 94 valence electrons. The van der Waals surface area contributed by atoms with Gasteiger partial charge in [-0.15, -0.1) is 0 Å². The monoisotopic (exact) mass is 243 g/mol. The molecule has 1 aromatic rings. The number of alkyl halides is 3. The second-order valence-corrected chi connectivity index (χ2v) is 5.26. The molecule has 0 amide bonds. The quantitative estimate of drug-likeness (QED) is 0.797. The fraction of sp³-hybridized carbons (Fsp3) is 0.538. The molecule has 1 nitrogen and oxygen atoms in total. The van der Waals surface area contributed by atoms with E-state index in [1.165, 1.54) is 12.1 Å². The standard InChI is InChI=1S/C13H16F3N/c1-12(2)8-17-7-11(12)9-5-3-4-6-10(9)13(14,15)16/h3-6,11,17H,7-8H2,1-2H3/t11-/m0/s1. The van der Waals surface area contributed by atoms with Crippen LogP contribution in [0.25, 0.3) is 0 Å². The van der Waals surface area contributed by atoms with Gasteiger partial charge in [0.25, 0.3) is 0 Å². The van der Waals surface area contributed by atoms with Crippen LogP contribution in [0.4, 0.5) is 13.2 Å².